The second kappa shape index (κ2) is 6.36. The van der Waals surface area contributed by atoms with Gasteiger partial charge in [0.1, 0.15) is 11.6 Å². The molecule has 0 radical (unpaired) electrons. The fourth-order valence-corrected chi connectivity index (χ4v) is 2.16. The summed E-state index contributed by atoms with van der Waals surface area (Å²) in [6.45, 7) is 4.93. The number of likely N-dealkylation sites (N-methyl/N-ethyl adjacent to an activating group) is 1. The summed E-state index contributed by atoms with van der Waals surface area (Å²) in [7, 11) is 1.87. The van der Waals surface area contributed by atoms with Crippen LogP contribution in [0.3, 0.4) is 0 Å². The fraction of sp³-hybridized carbons (Fsp3) is 0.615. The normalized spacial score (nSPS) is 14.5. The van der Waals surface area contributed by atoms with Crippen molar-refractivity contribution in [3.05, 3.63) is 12.4 Å². The van der Waals surface area contributed by atoms with Crippen molar-refractivity contribution in [2.75, 3.05) is 43.4 Å². The van der Waals surface area contributed by atoms with E-state index in [-0.39, 0.29) is 5.91 Å². The van der Waals surface area contributed by atoms with Crippen LogP contribution in [0.4, 0.5) is 11.6 Å². The lowest BCUT2D eigenvalue weighted by molar-refractivity contribution is -0.128. The van der Waals surface area contributed by atoms with Gasteiger partial charge in [-0.1, -0.05) is 0 Å². The van der Waals surface area contributed by atoms with Gasteiger partial charge in [-0.05, 0) is 19.8 Å². The number of carbonyl (C=O) groups excluding carboxylic acids is 1. The molecular weight excluding hydrogens is 242 g/mol. The molecule has 0 atom stereocenters. The van der Waals surface area contributed by atoms with E-state index < -0.39 is 0 Å². The van der Waals surface area contributed by atoms with E-state index in [0.29, 0.717) is 12.4 Å². The molecule has 1 fully saturated rings. The Bertz CT molecular complexity index is 431. The average molecular weight is 263 g/mol. The summed E-state index contributed by atoms with van der Waals surface area (Å²) in [5.74, 6) is 1.61. The Labute approximate surface area is 113 Å². The van der Waals surface area contributed by atoms with Gasteiger partial charge in [-0.2, -0.15) is 0 Å². The number of anilines is 2. The van der Waals surface area contributed by atoms with Gasteiger partial charge in [-0.3, -0.25) is 9.78 Å². The third-order valence-electron chi connectivity index (χ3n) is 3.20. The van der Waals surface area contributed by atoms with Crippen LogP contribution in [0.2, 0.25) is 0 Å². The van der Waals surface area contributed by atoms with Gasteiger partial charge in [-0.15, -0.1) is 0 Å². The third kappa shape index (κ3) is 3.56. The van der Waals surface area contributed by atoms with E-state index in [1.165, 1.54) is 0 Å². The SMILES string of the molecule is CCNc1cncc(N(C)CC(=O)N2CCCC2)n1. The standard InChI is InChI=1S/C13H21N5O/c1-3-15-11-8-14-9-12(16-11)17(2)10-13(19)18-6-4-5-7-18/h8-9H,3-7,10H2,1-2H3,(H,15,16). The van der Waals surface area contributed by atoms with E-state index >= 15 is 0 Å². The van der Waals surface area contributed by atoms with E-state index in [4.69, 9.17) is 0 Å². The van der Waals surface area contributed by atoms with Crippen molar-refractivity contribution in [1.29, 1.82) is 0 Å². The molecule has 19 heavy (non-hydrogen) atoms. The van der Waals surface area contributed by atoms with Crippen molar-refractivity contribution in [2.24, 2.45) is 0 Å². The van der Waals surface area contributed by atoms with Crippen LogP contribution in [0.25, 0.3) is 0 Å². The third-order valence-corrected chi connectivity index (χ3v) is 3.20. The Morgan fingerprint density at radius 1 is 1.42 bits per heavy atom. The van der Waals surface area contributed by atoms with E-state index in [2.05, 4.69) is 15.3 Å². The summed E-state index contributed by atoms with van der Waals surface area (Å²) in [6.07, 6.45) is 5.59. The van der Waals surface area contributed by atoms with Gasteiger partial charge in [0.2, 0.25) is 5.91 Å². The number of amides is 1. The number of nitrogens with zero attached hydrogens (tertiary/aromatic N) is 4. The van der Waals surface area contributed by atoms with Crippen LogP contribution in [0.1, 0.15) is 19.8 Å². The molecule has 0 saturated carbocycles. The fourth-order valence-electron chi connectivity index (χ4n) is 2.16. The average Bonchev–Trinajstić information content (AvgIpc) is 2.93. The highest BCUT2D eigenvalue weighted by Crippen LogP contribution is 2.12. The van der Waals surface area contributed by atoms with Crippen molar-refractivity contribution >= 4 is 17.5 Å². The van der Waals surface area contributed by atoms with E-state index in [9.17, 15) is 4.79 Å². The topological polar surface area (TPSA) is 61.4 Å². The molecule has 0 aromatic carbocycles. The molecule has 1 amide bonds. The Hall–Kier alpha value is -1.85. The number of hydrogen-bond donors (Lipinski definition) is 1. The van der Waals surface area contributed by atoms with Crippen LogP contribution >= 0.6 is 0 Å². The summed E-state index contributed by atoms with van der Waals surface area (Å²) >= 11 is 0. The molecule has 1 aromatic heterocycles. The monoisotopic (exact) mass is 263 g/mol. The predicted molar refractivity (Wildman–Crippen MR) is 75.3 cm³/mol. The first kappa shape index (κ1) is 13.6. The van der Waals surface area contributed by atoms with Gasteiger partial charge >= 0.3 is 0 Å². The number of carbonyl (C=O) groups is 1. The first-order valence-electron chi connectivity index (χ1n) is 6.75. The first-order chi connectivity index (χ1) is 9.20. The molecule has 1 aliphatic rings. The van der Waals surface area contributed by atoms with Crippen LogP contribution in [-0.2, 0) is 4.79 Å². The maximum absolute atomic E-state index is 12.1. The molecule has 2 rings (SSSR count). The Morgan fingerprint density at radius 2 is 2.16 bits per heavy atom. The summed E-state index contributed by atoms with van der Waals surface area (Å²) in [4.78, 5) is 24.4. The highest BCUT2D eigenvalue weighted by atomic mass is 16.2. The molecule has 1 saturated heterocycles. The number of likely N-dealkylation sites (tertiary alicyclic amines) is 1. The minimum Gasteiger partial charge on any atom is -0.369 e. The highest BCUT2D eigenvalue weighted by Gasteiger charge is 2.19. The molecule has 1 aliphatic heterocycles. The van der Waals surface area contributed by atoms with Crippen molar-refractivity contribution < 1.29 is 4.79 Å². The maximum Gasteiger partial charge on any atom is 0.242 e. The molecule has 0 aliphatic carbocycles. The molecule has 1 N–H and O–H groups in total. The Morgan fingerprint density at radius 3 is 2.84 bits per heavy atom. The van der Waals surface area contributed by atoms with Gasteiger partial charge < -0.3 is 15.1 Å². The minimum absolute atomic E-state index is 0.163. The largest absolute Gasteiger partial charge is 0.369 e. The van der Waals surface area contributed by atoms with Crippen LogP contribution < -0.4 is 10.2 Å². The van der Waals surface area contributed by atoms with Crippen molar-refractivity contribution in [3.8, 4) is 0 Å². The number of rotatable bonds is 5. The molecule has 104 valence electrons. The van der Waals surface area contributed by atoms with E-state index in [0.717, 1.165) is 38.3 Å². The summed E-state index contributed by atoms with van der Waals surface area (Å²) in [5, 5.41) is 3.12. The predicted octanol–water partition coefficient (Wildman–Crippen LogP) is 0.967. The number of hydrogen-bond acceptors (Lipinski definition) is 5. The van der Waals surface area contributed by atoms with Gasteiger partial charge in [0.15, 0.2) is 0 Å². The van der Waals surface area contributed by atoms with Crippen LogP contribution in [0.5, 0.6) is 0 Å². The molecule has 0 unspecified atom stereocenters. The van der Waals surface area contributed by atoms with Gasteiger partial charge in [0, 0.05) is 26.7 Å². The lowest BCUT2D eigenvalue weighted by Crippen LogP contribution is -2.37. The van der Waals surface area contributed by atoms with E-state index in [1.807, 2.05) is 23.8 Å². The first-order valence-corrected chi connectivity index (χ1v) is 6.75. The summed E-state index contributed by atoms with van der Waals surface area (Å²) < 4.78 is 0. The Kier molecular flexibility index (Phi) is 4.54. The van der Waals surface area contributed by atoms with Gasteiger partial charge in [0.25, 0.3) is 0 Å². The molecule has 6 heteroatoms. The second-order valence-corrected chi connectivity index (χ2v) is 4.74. The van der Waals surface area contributed by atoms with Crippen molar-refractivity contribution in [2.45, 2.75) is 19.8 Å². The highest BCUT2D eigenvalue weighted by molar-refractivity contribution is 5.81. The zero-order valence-corrected chi connectivity index (χ0v) is 11.6. The maximum atomic E-state index is 12.1. The van der Waals surface area contributed by atoms with Gasteiger partial charge in [0.05, 0.1) is 18.9 Å². The zero-order chi connectivity index (χ0) is 13.7. The summed E-state index contributed by atoms with van der Waals surface area (Å²) in [6, 6.07) is 0. The van der Waals surface area contributed by atoms with Gasteiger partial charge in [-0.25, -0.2) is 4.98 Å². The van der Waals surface area contributed by atoms with Crippen LogP contribution in [0.15, 0.2) is 12.4 Å². The second-order valence-electron chi connectivity index (χ2n) is 4.74. The zero-order valence-electron chi connectivity index (χ0n) is 11.6. The number of aromatic nitrogens is 2. The van der Waals surface area contributed by atoms with Crippen molar-refractivity contribution in [1.82, 2.24) is 14.9 Å². The molecule has 6 nitrogen and oxygen atoms in total. The molecule has 0 spiro atoms. The molecule has 2 heterocycles. The molecule has 0 bridgehead atoms. The van der Waals surface area contributed by atoms with Crippen LogP contribution in [0, 0.1) is 0 Å². The minimum atomic E-state index is 0.163. The number of nitrogens with one attached hydrogen (secondary N) is 1. The van der Waals surface area contributed by atoms with E-state index in [1.54, 1.807) is 12.4 Å². The Balaban J connectivity index is 1.96. The molecular formula is C13H21N5O. The van der Waals surface area contributed by atoms with Crippen LogP contribution in [-0.4, -0.2) is 54.0 Å². The lowest BCUT2D eigenvalue weighted by atomic mass is 10.4. The lowest BCUT2D eigenvalue weighted by Gasteiger charge is -2.22. The molecule has 1 aromatic rings. The smallest absolute Gasteiger partial charge is 0.242 e. The quantitative estimate of drug-likeness (QED) is 0.857. The summed E-state index contributed by atoms with van der Waals surface area (Å²) in [5.41, 5.74) is 0. The van der Waals surface area contributed by atoms with Crippen molar-refractivity contribution in [3.63, 3.8) is 0 Å².